The summed E-state index contributed by atoms with van der Waals surface area (Å²) in [6.45, 7) is 1.62. The number of rotatable bonds is 6. The summed E-state index contributed by atoms with van der Waals surface area (Å²) in [5.41, 5.74) is 1.17. The number of furan rings is 1. The third-order valence-electron chi connectivity index (χ3n) is 3.76. The van der Waals surface area contributed by atoms with Gasteiger partial charge in [-0.1, -0.05) is 30.3 Å². The van der Waals surface area contributed by atoms with E-state index in [1.807, 2.05) is 30.3 Å². The molecule has 1 heterocycles. The standard InChI is InChI=1S/C18H16O8S.Na/c1-11-17(18(19)24-10-12-6-4-3-5-7-12)13-8-16(26-27(20,21)22)15(23-2)9-14(13)25-11;/h3-9H,10H2,1-2H3,(H,20,21,22);/q;+1/p-1. The molecule has 28 heavy (non-hydrogen) atoms. The van der Waals surface area contributed by atoms with Crippen molar-refractivity contribution in [2.45, 2.75) is 13.5 Å². The number of carbonyl (C=O) groups is 1. The van der Waals surface area contributed by atoms with Crippen molar-refractivity contribution in [2.75, 3.05) is 7.11 Å². The quantitative estimate of drug-likeness (QED) is 0.239. The Kier molecular flexibility index (Phi) is 7.13. The fraction of sp³-hybridized carbons (Fsp3) is 0.167. The fourth-order valence-corrected chi connectivity index (χ4v) is 2.96. The number of hydrogen-bond donors (Lipinski definition) is 0. The second kappa shape index (κ2) is 8.97. The molecule has 1 aromatic heterocycles. The van der Waals surface area contributed by atoms with Crippen LogP contribution in [0.5, 0.6) is 11.5 Å². The van der Waals surface area contributed by atoms with Gasteiger partial charge in [0.2, 0.25) is 0 Å². The first kappa shape index (κ1) is 22.3. The van der Waals surface area contributed by atoms with Crippen LogP contribution in [-0.2, 0) is 21.7 Å². The van der Waals surface area contributed by atoms with Crippen LogP contribution >= 0.6 is 0 Å². The summed E-state index contributed by atoms with van der Waals surface area (Å²) < 4.78 is 53.1. The zero-order valence-corrected chi connectivity index (χ0v) is 18.2. The Morgan fingerprint density at radius 3 is 2.43 bits per heavy atom. The Hall–Kier alpha value is -2.04. The molecular weight excluding hydrogens is 399 g/mol. The van der Waals surface area contributed by atoms with Crippen LogP contribution in [0.3, 0.4) is 0 Å². The average molecular weight is 414 g/mol. The first-order chi connectivity index (χ1) is 12.8. The van der Waals surface area contributed by atoms with Crippen molar-refractivity contribution in [2.24, 2.45) is 0 Å². The normalized spacial score (nSPS) is 11.0. The van der Waals surface area contributed by atoms with Crippen molar-refractivity contribution in [3.05, 3.63) is 59.4 Å². The maximum atomic E-state index is 12.5. The van der Waals surface area contributed by atoms with Crippen LogP contribution in [0.25, 0.3) is 11.0 Å². The molecule has 0 aliphatic heterocycles. The van der Waals surface area contributed by atoms with Gasteiger partial charge in [0.15, 0.2) is 11.5 Å². The molecule has 8 nitrogen and oxygen atoms in total. The van der Waals surface area contributed by atoms with Crippen LogP contribution in [0.4, 0.5) is 0 Å². The molecule has 0 saturated heterocycles. The predicted octanol–water partition coefficient (Wildman–Crippen LogP) is -0.0502. The molecule has 0 unspecified atom stereocenters. The van der Waals surface area contributed by atoms with Gasteiger partial charge in [0, 0.05) is 11.5 Å². The van der Waals surface area contributed by atoms with Gasteiger partial charge in [-0.15, -0.1) is 0 Å². The third-order valence-corrected chi connectivity index (χ3v) is 4.14. The third kappa shape index (κ3) is 5.06. The van der Waals surface area contributed by atoms with Gasteiger partial charge >= 0.3 is 35.5 Å². The molecule has 0 bridgehead atoms. The molecule has 0 radical (unpaired) electrons. The number of benzene rings is 2. The van der Waals surface area contributed by atoms with Crippen molar-refractivity contribution in [3.63, 3.8) is 0 Å². The van der Waals surface area contributed by atoms with Crippen LogP contribution < -0.4 is 38.5 Å². The van der Waals surface area contributed by atoms with Crippen molar-refractivity contribution in [3.8, 4) is 11.5 Å². The molecule has 10 heteroatoms. The Morgan fingerprint density at radius 1 is 1.14 bits per heavy atom. The summed E-state index contributed by atoms with van der Waals surface area (Å²) in [6.07, 6.45) is 0. The van der Waals surface area contributed by atoms with Gasteiger partial charge in [0.05, 0.1) is 7.11 Å². The number of methoxy groups -OCH3 is 1. The summed E-state index contributed by atoms with van der Waals surface area (Å²) in [5.74, 6) is -0.763. The summed E-state index contributed by atoms with van der Waals surface area (Å²) in [4.78, 5) is 12.5. The molecule has 0 saturated carbocycles. The molecule has 3 aromatic rings. The molecule has 142 valence electrons. The second-order valence-corrected chi connectivity index (χ2v) is 6.57. The van der Waals surface area contributed by atoms with Crippen LogP contribution in [-0.4, -0.2) is 26.0 Å². The molecule has 3 rings (SSSR count). The second-order valence-electron chi connectivity index (χ2n) is 5.59. The Balaban J connectivity index is 0.00000280. The molecule has 0 N–H and O–H groups in total. The molecule has 0 amide bonds. The monoisotopic (exact) mass is 414 g/mol. The molecule has 0 aliphatic carbocycles. The van der Waals surface area contributed by atoms with E-state index in [0.717, 1.165) is 5.56 Å². The van der Waals surface area contributed by atoms with Gasteiger partial charge in [-0.05, 0) is 18.6 Å². The van der Waals surface area contributed by atoms with E-state index >= 15 is 0 Å². The summed E-state index contributed by atoms with van der Waals surface area (Å²) in [5, 5.41) is 0.241. The van der Waals surface area contributed by atoms with Crippen LogP contribution in [0, 0.1) is 6.92 Å². The topological polar surface area (TPSA) is 115 Å². The van der Waals surface area contributed by atoms with Crippen LogP contribution in [0.2, 0.25) is 0 Å². The Bertz CT molecular complexity index is 1090. The zero-order chi connectivity index (χ0) is 19.6. The molecule has 2 aromatic carbocycles. The van der Waals surface area contributed by atoms with Gasteiger partial charge in [0.25, 0.3) is 10.4 Å². The van der Waals surface area contributed by atoms with Gasteiger partial charge in [-0.25, -0.2) is 13.2 Å². The van der Waals surface area contributed by atoms with E-state index in [4.69, 9.17) is 13.9 Å². The van der Waals surface area contributed by atoms with Crippen LogP contribution in [0.15, 0.2) is 46.9 Å². The minimum Gasteiger partial charge on any atom is -0.716 e. The predicted molar refractivity (Wildman–Crippen MR) is 93.4 cm³/mol. The Labute approximate surface area is 183 Å². The maximum absolute atomic E-state index is 12.5. The van der Waals surface area contributed by atoms with Gasteiger partial charge in [-0.3, -0.25) is 0 Å². The Morgan fingerprint density at radius 2 is 1.82 bits per heavy atom. The first-order valence-electron chi connectivity index (χ1n) is 7.76. The van der Waals surface area contributed by atoms with Gasteiger partial charge in [-0.2, -0.15) is 0 Å². The van der Waals surface area contributed by atoms with E-state index in [1.54, 1.807) is 6.92 Å². The first-order valence-corrected chi connectivity index (χ1v) is 9.09. The smallest absolute Gasteiger partial charge is 0.716 e. The molecule has 0 atom stereocenters. The molecule has 0 fully saturated rings. The van der Waals surface area contributed by atoms with Crippen molar-refractivity contribution >= 4 is 27.3 Å². The largest absolute Gasteiger partial charge is 1.00 e. The van der Waals surface area contributed by atoms with E-state index in [1.165, 1.54) is 19.2 Å². The zero-order valence-electron chi connectivity index (χ0n) is 15.4. The number of ether oxygens (including phenoxy) is 2. The SMILES string of the molecule is COc1cc2oc(C)c(C(=O)OCc3ccccc3)c2cc1OS(=O)(=O)[O-].[Na+]. The van der Waals surface area contributed by atoms with E-state index in [0.29, 0.717) is 0 Å². The average Bonchev–Trinajstić information content (AvgIpc) is 2.93. The number of fused-ring (bicyclic) bond motifs is 1. The van der Waals surface area contributed by atoms with Crippen molar-refractivity contribution < 1.29 is 65.4 Å². The van der Waals surface area contributed by atoms with Crippen molar-refractivity contribution in [1.82, 2.24) is 0 Å². The van der Waals surface area contributed by atoms with E-state index in [9.17, 15) is 17.8 Å². The summed E-state index contributed by atoms with van der Waals surface area (Å²) >= 11 is 0. The number of hydrogen-bond acceptors (Lipinski definition) is 8. The van der Waals surface area contributed by atoms with E-state index in [-0.39, 0.29) is 70.0 Å². The van der Waals surface area contributed by atoms with E-state index < -0.39 is 16.4 Å². The fourth-order valence-electron chi connectivity index (χ4n) is 2.61. The minimum absolute atomic E-state index is 0. The van der Waals surface area contributed by atoms with Gasteiger partial charge in [0.1, 0.15) is 23.5 Å². The number of aryl methyl sites for hydroxylation is 1. The molecule has 0 aliphatic rings. The molecular formula is C18H15NaO8S. The molecule has 0 spiro atoms. The van der Waals surface area contributed by atoms with Gasteiger partial charge < -0.3 is 22.6 Å². The number of esters is 1. The van der Waals surface area contributed by atoms with Crippen LogP contribution in [0.1, 0.15) is 21.7 Å². The minimum atomic E-state index is -5.03. The van der Waals surface area contributed by atoms with E-state index in [2.05, 4.69) is 4.18 Å². The number of carbonyl (C=O) groups excluding carboxylic acids is 1. The summed E-state index contributed by atoms with van der Waals surface area (Å²) in [7, 11) is -3.75. The summed E-state index contributed by atoms with van der Waals surface area (Å²) in [6, 6.07) is 11.6. The van der Waals surface area contributed by atoms with Crippen molar-refractivity contribution in [1.29, 1.82) is 0 Å². The maximum Gasteiger partial charge on any atom is 1.00 e.